The van der Waals surface area contributed by atoms with Gasteiger partial charge in [-0.05, 0) is 35.2 Å². The van der Waals surface area contributed by atoms with Crippen LogP contribution in [0.2, 0.25) is 0 Å². The lowest BCUT2D eigenvalue weighted by Crippen LogP contribution is -2.01. The minimum atomic E-state index is 0.294. The fourth-order valence-electron chi connectivity index (χ4n) is 0.944. The average molecular weight is 265 g/mol. The van der Waals surface area contributed by atoms with Gasteiger partial charge in [-0.2, -0.15) is 0 Å². The standard InChI is InChI=1S/C8H13BrN2OS/c9-7-6-13-8(11-7)10-4-2-1-3-5-12/h6,12H,1-5H2,(H,10,11). The molecule has 74 valence electrons. The predicted molar refractivity (Wildman–Crippen MR) is 59.2 cm³/mol. The Hall–Kier alpha value is -0.130. The van der Waals surface area contributed by atoms with E-state index in [0.29, 0.717) is 6.61 Å². The summed E-state index contributed by atoms with van der Waals surface area (Å²) in [5.41, 5.74) is 0. The van der Waals surface area contributed by atoms with Crippen molar-refractivity contribution in [3.05, 3.63) is 9.98 Å². The summed E-state index contributed by atoms with van der Waals surface area (Å²) in [5, 5.41) is 14.7. The highest BCUT2D eigenvalue weighted by Crippen LogP contribution is 2.19. The highest BCUT2D eigenvalue weighted by molar-refractivity contribution is 9.10. The number of aliphatic hydroxyl groups excluding tert-OH is 1. The zero-order valence-electron chi connectivity index (χ0n) is 7.29. The number of rotatable bonds is 6. The molecular weight excluding hydrogens is 252 g/mol. The lowest BCUT2D eigenvalue weighted by molar-refractivity contribution is 0.283. The fourth-order valence-corrected chi connectivity index (χ4v) is 2.12. The number of unbranched alkanes of at least 4 members (excludes halogenated alkanes) is 2. The largest absolute Gasteiger partial charge is 0.396 e. The van der Waals surface area contributed by atoms with Crippen LogP contribution in [0, 0.1) is 0 Å². The number of hydrogen-bond donors (Lipinski definition) is 2. The zero-order valence-corrected chi connectivity index (χ0v) is 9.70. The third-order valence-corrected chi connectivity index (χ3v) is 3.10. The minimum absolute atomic E-state index is 0.294. The first-order valence-corrected chi connectivity index (χ1v) is 5.96. The molecule has 0 fully saturated rings. The Morgan fingerprint density at radius 2 is 2.31 bits per heavy atom. The molecule has 1 aromatic heterocycles. The normalized spacial score (nSPS) is 10.3. The molecule has 0 unspecified atom stereocenters. The molecule has 0 amide bonds. The lowest BCUT2D eigenvalue weighted by Gasteiger charge is -2.00. The van der Waals surface area contributed by atoms with Gasteiger partial charge in [-0.1, -0.05) is 0 Å². The van der Waals surface area contributed by atoms with E-state index in [2.05, 4.69) is 26.2 Å². The van der Waals surface area contributed by atoms with E-state index in [1.165, 1.54) is 0 Å². The predicted octanol–water partition coefficient (Wildman–Crippen LogP) is 2.48. The summed E-state index contributed by atoms with van der Waals surface area (Å²) in [6.45, 7) is 1.22. The van der Waals surface area contributed by atoms with Gasteiger partial charge in [0.2, 0.25) is 0 Å². The van der Waals surface area contributed by atoms with Crippen molar-refractivity contribution in [2.45, 2.75) is 19.3 Å². The molecule has 2 N–H and O–H groups in total. The highest BCUT2D eigenvalue weighted by Gasteiger charge is 1.96. The average Bonchev–Trinajstić information content (AvgIpc) is 2.51. The number of hydrogen-bond acceptors (Lipinski definition) is 4. The van der Waals surface area contributed by atoms with Gasteiger partial charge in [0.05, 0.1) is 0 Å². The molecule has 0 saturated heterocycles. The first-order valence-electron chi connectivity index (χ1n) is 4.28. The van der Waals surface area contributed by atoms with Crippen LogP contribution in [0.3, 0.4) is 0 Å². The SMILES string of the molecule is OCCCCCNc1nc(Br)cs1. The van der Waals surface area contributed by atoms with Gasteiger partial charge >= 0.3 is 0 Å². The number of nitrogens with zero attached hydrogens (tertiary/aromatic N) is 1. The van der Waals surface area contributed by atoms with Crippen molar-refractivity contribution < 1.29 is 5.11 Å². The fraction of sp³-hybridized carbons (Fsp3) is 0.625. The molecule has 1 aromatic rings. The summed E-state index contributed by atoms with van der Waals surface area (Å²) in [5.74, 6) is 0. The van der Waals surface area contributed by atoms with Crippen molar-refractivity contribution >= 4 is 32.4 Å². The quantitative estimate of drug-likeness (QED) is 0.777. The summed E-state index contributed by atoms with van der Waals surface area (Å²) in [4.78, 5) is 4.20. The molecule has 13 heavy (non-hydrogen) atoms. The second-order valence-corrected chi connectivity index (χ2v) is 4.36. The van der Waals surface area contributed by atoms with Gasteiger partial charge in [0, 0.05) is 18.5 Å². The highest BCUT2D eigenvalue weighted by atomic mass is 79.9. The molecule has 0 spiro atoms. The van der Waals surface area contributed by atoms with Crippen molar-refractivity contribution in [1.29, 1.82) is 0 Å². The molecule has 0 bridgehead atoms. The number of halogens is 1. The van der Waals surface area contributed by atoms with Gasteiger partial charge in [-0.3, -0.25) is 0 Å². The molecule has 1 heterocycles. The van der Waals surface area contributed by atoms with Crippen LogP contribution >= 0.6 is 27.3 Å². The Bertz CT molecular complexity index is 242. The van der Waals surface area contributed by atoms with Crippen molar-refractivity contribution in [2.24, 2.45) is 0 Å². The van der Waals surface area contributed by atoms with Crippen LogP contribution in [0.4, 0.5) is 5.13 Å². The molecule has 1 rings (SSSR count). The van der Waals surface area contributed by atoms with Crippen LogP contribution in [-0.2, 0) is 0 Å². The Labute approximate surface area is 90.3 Å². The van der Waals surface area contributed by atoms with Crippen molar-refractivity contribution in [3.8, 4) is 0 Å². The molecule has 0 atom stereocenters. The van der Waals surface area contributed by atoms with Gasteiger partial charge < -0.3 is 10.4 Å². The number of thiazole rings is 1. The maximum atomic E-state index is 8.55. The van der Waals surface area contributed by atoms with E-state index in [9.17, 15) is 0 Å². The summed E-state index contributed by atoms with van der Waals surface area (Å²) in [7, 11) is 0. The van der Waals surface area contributed by atoms with Gasteiger partial charge in [0.25, 0.3) is 0 Å². The molecule has 0 aromatic carbocycles. The summed E-state index contributed by atoms with van der Waals surface area (Å²) in [6.07, 6.45) is 3.04. The van der Waals surface area contributed by atoms with Gasteiger partial charge in [0.1, 0.15) is 4.60 Å². The van der Waals surface area contributed by atoms with E-state index in [1.807, 2.05) is 5.38 Å². The molecule has 5 heteroatoms. The second-order valence-electron chi connectivity index (χ2n) is 2.69. The monoisotopic (exact) mass is 264 g/mol. The van der Waals surface area contributed by atoms with Gasteiger partial charge in [-0.15, -0.1) is 11.3 Å². The minimum Gasteiger partial charge on any atom is -0.396 e. The molecule has 3 nitrogen and oxygen atoms in total. The van der Waals surface area contributed by atoms with E-state index >= 15 is 0 Å². The lowest BCUT2D eigenvalue weighted by atomic mass is 10.2. The third-order valence-electron chi connectivity index (χ3n) is 1.59. The first kappa shape index (κ1) is 10.9. The maximum absolute atomic E-state index is 8.55. The van der Waals surface area contributed by atoms with Crippen molar-refractivity contribution in [2.75, 3.05) is 18.5 Å². The van der Waals surface area contributed by atoms with E-state index in [1.54, 1.807) is 11.3 Å². The molecule has 0 aliphatic carbocycles. The molecule has 0 saturated carbocycles. The topological polar surface area (TPSA) is 45.1 Å². The van der Waals surface area contributed by atoms with Gasteiger partial charge in [-0.25, -0.2) is 4.98 Å². The summed E-state index contributed by atoms with van der Waals surface area (Å²) >= 11 is 4.89. The van der Waals surface area contributed by atoms with E-state index in [0.717, 1.165) is 35.5 Å². The number of nitrogens with one attached hydrogen (secondary N) is 1. The zero-order chi connectivity index (χ0) is 9.52. The third kappa shape index (κ3) is 4.59. The van der Waals surface area contributed by atoms with E-state index in [-0.39, 0.29) is 0 Å². The van der Waals surface area contributed by atoms with E-state index in [4.69, 9.17) is 5.11 Å². The van der Waals surface area contributed by atoms with E-state index < -0.39 is 0 Å². The summed E-state index contributed by atoms with van der Waals surface area (Å²) < 4.78 is 0.885. The number of aromatic nitrogens is 1. The molecule has 0 radical (unpaired) electrons. The van der Waals surface area contributed by atoms with Crippen molar-refractivity contribution in [1.82, 2.24) is 4.98 Å². The van der Waals surface area contributed by atoms with Crippen LogP contribution in [0.5, 0.6) is 0 Å². The summed E-state index contributed by atoms with van der Waals surface area (Å²) in [6, 6.07) is 0. The van der Waals surface area contributed by atoms with Crippen molar-refractivity contribution in [3.63, 3.8) is 0 Å². The number of anilines is 1. The Kier molecular flexibility index (Phi) is 5.34. The molecular formula is C8H13BrN2OS. The van der Waals surface area contributed by atoms with Crippen LogP contribution in [0.1, 0.15) is 19.3 Å². The second kappa shape index (κ2) is 6.34. The Morgan fingerprint density at radius 3 is 2.92 bits per heavy atom. The smallest absolute Gasteiger partial charge is 0.183 e. The Morgan fingerprint density at radius 1 is 1.46 bits per heavy atom. The van der Waals surface area contributed by atoms with Gasteiger partial charge in [0.15, 0.2) is 5.13 Å². The van der Waals surface area contributed by atoms with Crippen LogP contribution in [0.15, 0.2) is 9.98 Å². The first-order chi connectivity index (χ1) is 6.33. The molecule has 0 aliphatic heterocycles. The van der Waals surface area contributed by atoms with Crippen LogP contribution in [-0.4, -0.2) is 23.2 Å². The Balaban J connectivity index is 2.06. The molecule has 0 aliphatic rings. The van der Waals surface area contributed by atoms with Crippen LogP contribution in [0.25, 0.3) is 0 Å². The maximum Gasteiger partial charge on any atom is 0.183 e. The van der Waals surface area contributed by atoms with Crippen LogP contribution < -0.4 is 5.32 Å². The number of aliphatic hydroxyl groups is 1.